The first kappa shape index (κ1) is 26.2. The fourth-order valence-electron chi connectivity index (χ4n) is 4.02. The summed E-state index contributed by atoms with van der Waals surface area (Å²) in [6, 6.07) is 18.7. The van der Waals surface area contributed by atoms with Crippen molar-refractivity contribution in [3.8, 4) is 11.3 Å². The SMILES string of the molecule is CC(CCCc1nc2cc(C(=O)NCCc3ccc(F)cc3)ccc2nc1-c1ccc(Cl)cc1)C(=O)O. The number of carboxylic acids is 1. The molecular weight excluding hydrogens is 493 g/mol. The van der Waals surface area contributed by atoms with Crippen LogP contribution in [0.2, 0.25) is 5.02 Å². The smallest absolute Gasteiger partial charge is 0.306 e. The van der Waals surface area contributed by atoms with E-state index in [2.05, 4.69) is 5.32 Å². The van der Waals surface area contributed by atoms with Crippen molar-refractivity contribution in [3.05, 3.63) is 94.4 Å². The van der Waals surface area contributed by atoms with Crippen molar-refractivity contribution in [3.63, 3.8) is 0 Å². The Kier molecular flexibility index (Phi) is 8.46. The number of aromatic nitrogens is 2. The van der Waals surface area contributed by atoms with E-state index in [1.54, 1.807) is 49.4 Å². The number of hydrogen-bond donors (Lipinski definition) is 2. The Balaban J connectivity index is 1.55. The highest BCUT2D eigenvalue weighted by molar-refractivity contribution is 6.30. The van der Waals surface area contributed by atoms with Gasteiger partial charge in [0.15, 0.2) is 0 Å². The number of fused-ring (bicyclic) bond motifs is 1. The maximum atomic E-state index is 13.1. The van der Waals surface area contributed by atoms with Crippen LogP contribution in [0.25, 0.3) is 22.3 Å². The summed E-state index contributed by atoms with van der Waals surface area (Å²) < 4.78 is 13.1. The lowest BCUT2D eigenvalue weighted by Gasteiger charge is -2.12. The minimum atomic E-state index is -0.822. The van der Waals surface area contributed by atoms with Crippen molar-refractivity contribution in [1.82, 2.24) is 15.3 Å². The molecule has 1 atom stereocenters. The van der Waals surface area contributed by atoms with E-state index >= 15 is 0 Å². The number of hydrogen-bond acceptors (Lipinski definition) is 4. The number of amides is 1. The van der Waals surface area contributed by atoms with Gasteiger partial charge < -0.3 is 10.4 Å². The first-order valence-electron chi connectivity index (χ1n) is 12.1. The average Bonchev–Trinajstić information content (AvgIpc) is 2.89. The monoisotopic (exact) mass is 519 g/mol. The van der Waals surface area contributed by atoms with Gasteiger partial charge in [-0.15, -0.1) is 0 Å². The Morgan fingerprint density at radius 2 is 1.70 bits per heavy atom. The largest absolute Gasteiger partial charge is 0.481 e. The molecule has 0 aliphatic rings. The summed E-state index contributed by atoms with van der Waals surface area (Å²) in [6.45, 7) is 2.10. The van der Waals surface area contributed by atoms with E-state index in [4.69, 9.17) is 21.6 Å². The Labute approximate surface area is 219 Å². The molecule has 4 aromatic rings. The normalized spacial score (nSPS) is 11.9. The first-order chi connectivity index (χ1) is 17.8. The number of carbonyl (C=O) groups is 2. The molecule has 37 heavy (non-hydrogen) atoms. The van der Waals surface area contributed by atoms with Crippen LogP contribution in [0.3, 0.4) is 0 Å². The van der Waals surface area contributed by atoms with Crippen LogP contribution < -0.4 is 5.32 Å². The predicted molar refractivity (Wildman–Crippen MR) is 142 cm³/mol. The summed E-state index contributed by atoms with van der Waals surface area (Å²) in [5, 5.41) is 12.7. The van der Waals surface area contributed by atoms with Gasteiger partial charge in [-0.3, -0.25) is 9.59 Å². The summed E-state index contributed by atoms with van der Waals surface area (Å²) in [5.74, 6) is -1.79. The molecule has 0 fully saturated rings. The summed E-state index contributed by atoms with van der Waals surface area (Å²) in [7, 11) is 0. The molecule has 0 radical (unpaired) electrons. The van der Waals surface area contributed by atoms with Gasteiger partial charge in [0, 0.05) is 22.7 Å². The molecule has 3 aromatic carbocycles. The molecule has 1 amide bonds. The van der Waals surface area contributed by atoms with Crippen LogP contribution in [-0.2, 0) is 17.6 Å². The number of aryl methyl sites for hydroxylation is 1. The van der Waals surface area contributed by atoms with Crippen LogP contribution in [0.15, 0.2) is 66.7 Å². The lowest BCUT2D eigenvalue weighted by atomic mass is 10.0. The van der Waals surface area contributed by atoms with E-state index in [1.165, 1.54) is 12.1 Å². The zero-order chi connectivity index (χ0) is 26.4. The third-order valence-corrected chi connectivity index (χ3v) is 6.45. The Morgan fingerprint density at radius 3 is 2.41 bits per heavy atom. The minimum Gasteiger partial charge on any atom is -0.481 e. The molecule has 0 spiro atoms. The van der Waals surface area contributed by atoms with E-state index in [0.29, 0.717) is 59.5 Å². The molecule has 190 valence electrons. The van der Waals surface area contributed by atoms with Gasteiger partial charge >= 0.3 is 5.97 Å². The number of aliphatic carboxylic acids is 1. The molecular formula is C29H27ClFN3O3. The highest BCUT2D eigenvalue weighted by atomic mass is 35.5. The van der Waals surface area contributed by atoms with E-state index in [9.17, 15) is 19.1 Å². The number of halogens is 2. The van der Waals surface area contributed by atoms with E-state index in [1.807, 2.05) is 12.1 Å². The first-order valence-corrected chi connectivity index (χ1v) is 12.5. The van der Waals surface area contributed by atoms with Crippen LogP contribution in [0.4, 0.5) is 4.39 Å². The highest BCUT2D eigenvalue weighted by Crippen LogP contribution is 2.27. The Morgan fingerprint density at radius 1 is 0.973 bits per heavy atom. The van der Waals surface area contributed by atoms with Crippen molar-refractivity contribution in [2.45, 2.75) is 32.6 Å². The van der Waals surface area contributed by atoms with Crippen LogP contribution >= 0.6 is 11.6 Å². The zero-order valence-electron chi connectivity index (χ0n) is 20.4. The Hall–Kier alpha value is -3.84. The summed E-state index contributed by atoms with van der Waals surface area (Å²) in [6.07, 6.45) is 2.29. The molecule has 8 heteroatoms. The molecule has 0 aliphatic heterocycles. The molecule has 0 bridgehead atoms. The molecule has 2 N–H and O–H groups in total. The molecule has 0 saturated heterocycles. The van der Waals surface area contributed by atoms with Gasteiger partial charge in [-0.25, -0.2) is 14.4 Å². The summed E-state index contributed by atoms with van der Waals surface area (Å²) >= 11 is 6.06. The van der Waals surface area contributed by atoms with Gasteiger partial charge in [0.25, 0.3) is 5.91 Å². The molecule has 1 heterocycles. The van der Waals surface area contributed by atoms with Crippen molar-refractivity contribution in [1.29, 1.82) is 0 Å². The maximum absolute atomic E-state index is 13.1. The number of benzene rings is 3. The second kappa shape index (κ2) is 11.9. The minimum absolute atomic E-state index is 0.232. The summed E-state index contributed by atoms with van der Waals surface area (Å²) in [4.78, 5) is 33.6. The molecule has 0 aliphatic carbocycles. The highest BCUT2D eigenvalue weighted by Gasteiger charge is 2.16. The number of nitrogens with one attached hydrogen (secondary N) is 1. The van der Waals surface area contributed by atoms with Crippen molar-refractivity contribution in [2.24, 2.45) is 5.92 Å². The molecule has 4 rings (SSSR count). The lowest BCUT2D eigenvalue weighted by Crippen LogP contribution is -2.25. The lowest BCUT2D eigenvalue weighted by molar-refractivity contribution is -0.141. The topological polar surface area (TPSA) is 92.2 Å². The van der Waals surface area contributed by atoms with Crippen LogP contribution in [0, 0.1) is 11.7 Å². The van der Waals surface area contributed by atoms with Crippen molar-refractivity contribution < 1.29 is 19.1 Å². The van der Waals surface area contributed by atoms with Gasteiger partial charge in [-0.05, 0) is 73.7 Å². The van der Waals surface area contributed by atoms with Crippen molar-refractivity contribution >= 4 is 34.5 Å². The third-order valence-electron chi connectivity index (χ3n) is 6.20. The molecule has 0 saturated carbocycles. The van der Waals surface area contributed by atoms with Gasteiger partial charge in [-0.2, -0.15) is 0 Å². The molecule has 1 aromatic heterocycles. The molecule has 1 unspecified atom stereocenters. The van der Waals surface area contributed by atoms with Crippen molar-refractivity contribution in [2.75, 3.05) is 6.54 Å². The zero-order valence-corrected chi connectivity index (χ0v) is 21.1. The number of carboxylic acid groups (broad SMARTS) is 1. The van der Waals surface area contributed by atoms with E-state index in [0.717, 1.165) is 16.8 Å². The number of carbonyl (C=O) groups excluding carboxylic acids is 1. The predicted octanol–water partition coefficient (Wildman–Crippen LogP) is 6.11. The van der Waals surface area contributed by atoms with Crippen LogP contribution in [-0.4, -0.2) is 33.5 Å². The van der Waals surface area contributed by atoms with E-state index in [-0.39, 0.29) is 11.7 Å². The average molecular weight is 520 g/mol. The third kappa shape index (κ3) is 6.89. The standard InChI is InChI=1S/C29H27ClFN3O3/c1-18(29(36)37)3-2-4-25-27(20-7-10-22(30)11-8-20)34-24-14-9-21(17-26(24)33-25)28(35)32-16-15-19-5-12-23(31)13-6-19/h5-14,17-18H,2-4,15-16H2,1H3,(H,32,35)(H,36,37). The maximum Gasteiger partial charge on any atom is 0.306 e. The van der Waals surface area contributed by atoms with Crippen LogP contribution in [0.5, 0.6) is 0 Å². The number of nitrogens with zero attached hydrogens (tertiary/aromatic N) is 2. The number of rotatable bonds is 10. The van der Waals surface area contributed by atoms with Gasteiger partial charge in [0.2, 0.25) is 0 Å². The quantitative estimate of drug-likeness (QED) is 0.264. The summed E-state index contributed by atoms with van der Waals surface area (Å²) in [5.41, 5.74) is 4.95. The second-order valence-corrected chi connectivity index (χ2v) is 9.43. The van der Waals surface area contributed by atoms with Crippen LogP contribution in [0.1, 0.15) is 41.4 Å². The van der Waals surface area contributed by atoms with Gasteiger partial charge in [-0.1, -0.05) is 42.8 Å². The fraction of sp³-hybridized carbons (Fsp3) is 0.241. The fourth-order valence-corrected chi connectivity index (χ4v) is 4.14. The van der Waals surface area contributed by atoms with Gasteiger partial charge in [0.1, 0.15) is 5.82 Å². The molecule has 6 nitrogen and oxygen atoms in total. The van der Waals surface area contributed by atoms with Gasteiger partial charge in [0.05, 0.1) is 28.3 Å². The second-order valence-electron chi connectivity index (χ2n) is 8.99. The Bertz CT molecular complexity index is 1410. The van der Waals surface area contributed by atoms with E-state index < -0.39 is 11.9 Å².